The van der Waals surface area contributed by atoms with Crippen LogP contribution in [0.4, 0.5) is 13.2 Å². The summed E-state index contributed by atoms with van der Waals surface area (Å²) in [5.41, 5.74) is -2.29. The second kappa shape index (κ2) is 5.08. The number of fused-ring (bicyclic) bond motifs is 1. The van der Waals surface area contributed by atoms with E-state index in [0.29, 0.717) is 5.69 Å². The molecular weight excluding hydrogens is 311 g/mol. The fraction of sp³-hybridized carbons (Fsp3) is 0.133. The van der Waals surface area contributed by atoms with E-state index >= 15 is 0 Å². The average Bonchev–Trinajstić information content (AvgIpc) is 2.47. The largest absolute Gasteiger partial charge is 0.508 e. The van der Waals surface area contributed by atoms with Crippen molar-refractivity contribution in [1.29, 1.82) is 0 Å². The second-order valence-electron chi connectivity index (χ2n) is 4.92. The van der Waals surface area contributed by atoms with Crippen molar-refractivity contribution < 1.29 is 18.3 Å². The number of phenols is 1. The molecule has 8 heteroatoms. The number of phenolic OH excluding ortho intramolecular Hbond substituents is 1. The molecule has 5 nitrogen and oxygen atoms in total. The smallest absolute Gasteiger partial charge is 0.434 e. The minimum absolute atomic E-state index is 0.0163. The summed E-state index contributed by atoms with van der Waals surface area (Å²) in [5.74, 6) is -0.432. The molecule has 23 heavy (non-hydrogen) atoms. The molecule has 0 unspecified atom stereocenters. The van der Waals surface area contributed by atoms with Crippen molar-refractivity contribution in [2.45, 2.75) is 13.1 Å². The number of benzene rings is 1. The van der Waals surface area contributed by atoms with E-state index in [-0.39, 0.29) is 17.1 Å². The summed E-state index contributed by atoms with van der Waals surface area (Å²) in [7, 11) is 0. The van der Waals surface area contributed by atoms with Crippen LogP contribution in [0.3, 0.4) is 0 Å². The van der Waals surface area contributed by atoms with Crippen molar-refractivity contribution >= 4 is 5.78 Å². The molecule has 1 aromatic carbocycles. The highest BCUT2D eigenvalue weighted by molar-refractivity contribution is 5.67. The van der Waals surface area contributed by atoms with Crippen LogP contribution in [-0.2, 0) is 6.18 Å². The molecule has 0 aliphatic carbocycles. The zero-order valence-electron chi connectivity index (χ0n) is 11.8. The number of aryl methyl sites for hydroxylation is 1. The summed E-state index contributed by atoms with van der Waals surface area (Å²) in [5, 5.41) is 9.27. The molecule has 0 saturated carbocycles. The zero-order chi connectivity index (χ0) is 16.8. The Kier molecular flexibility index (Phi) is 3.32. The van der Waals surface area contributed by atoms with Gasteiger partial charge in [-0.1, -0.05) is 12.1 Å². The molecule has 3 rings (SSSR count). The molecule has 0 aliphatic heterocycles. The van der Waals surface area contributed by atoms with Gasteiger partial charge in [-0.25, -0.2) is 9.97 Å². The van der Waals surface area contributed by atoms with E-state index < -0.39 is 23.0 Å². The van der Waals surface area contributed by atoms with Gasteiger partial charge in [-0.15, -0.1) is 0 Å². The van der Waals surface area contributed by atoms with E-state index in [2.05, 4.69) is 9.97 Å². The maximum absolute atomic E-state index is 13.3. The summed E-state index contributed by atoms with van der Waals surface area (Å²) in [6, 6.07) is 6.38. The lowest BCUT2D eigenvalue weighted by molar-refractivity contribution is -0.140. The molecule has 3 aromatic rings. The maximum Gasteiger partial charge on any atom is 0.434 e. The van der Waals surface area contributed by atoms with E-state index in [0.717, 1.165) is 4.40 Å². The van der Waals surface area contributed by atoms with Crippen LogP contribution in [0.1, 0.15) is 11.4 Å². The predicted octanol–water partition coefficient (Wildman–Crippen LogP) is 2.79. The van der Waals surface area contributed by atoms with Gasteiger partial charge in [-0.3, -0.25) is 9.20 Å². The van der Waals surface area contributed by atoms with E-state index in [1.165, 1.54) is 36.5 Å². The molecule has 2 aromatic heterocycles. The molecule has 0 fully saturated rings. The molecule has 0 bridgehead atoms. The number of halogens is 3. The molecule has 1 N–H and O–H groups in total. The third-order valence-electron chi connectivity index (χ3n) is 3.26. The Bertz CT molecular complexity index is 947. The predicted molar refractivity (Wildman–Crippen MR) is 76.1 cm³/mol. The minimum atomic E-state index is -4.81. The number of nitrogens with zero attached hydrogens (tertiary/aromatic N) is 3. The van der Waals surface area contributed by atoms with Crippen LogP contribution in [0.5, 0.6) is 5.75 Å². The van der Waals surface area contributed by atoms with Gasteiger partial charge in [0.25, 0.3) is 5.56 Å². The fourth-order valence-corrected chi connectivity index (χ4v) is 2.21. The van der Waals surface area contributed by atoms with Gasteiger partial charge in [0.15, 0.2) is 5.69 Å². The summed E-state index contributed by atoms with van der Waals surface area (Å²) in [6.45, 7) is 1.59. The Hall–Kier alpha value is -2.90. The molecule has 0 amide bonds. The van der Waals surface area contributed by atoms with Crippen LogP contribution in [0.15, 0.2) is 41.3 Å². The summed E-state index contributed by atoms with van der Waals surface area (Å²) in [6.07, 6.45) is -3.48. The van der Waals surface area contributed by atoms with Crippen LogP contribution in [0.2, 0.25) is 0 Å². The summed E-state index contributed by atoms with van der Waals surface area (Å²) >= 11 is 0. The number of rotatable bonds is 1. The highest BCUT2D eigenvalue weighted by Gasteiger charge is 2.38. The number of aromatic nitrogens is 3. The van der Waals surface area contributed by atoms with Crippen molar-refractivity contribution in [3.63, 3.8) is 0 Å². The molecular formula is C15H10F3N3O2. The minimum Gasteiger partial charge on any atom is -0.508 e. The lowest BCUT2D eigenvalue weighted by atomic mass is 10.0. The van der Waals surface area contributed by atoms with E-state index in [1.54, 1.807) is 6.92 Å². The molecule has 0 radical (unpaired) electrons. The van der Waals surface area contributed by atoms with Crippen LogP contribution in [-0.4, -0.2) is 19.5 Å². The molecule has 2 heterocycles. The third kappa shape index (κ3) is 2.63. The highest BCUT2D eigenvalue weighted by atomic mass is 19.4. The van der Waals surface area contributed by atoms with Crippen LogP contribution in [0, 0.1) is 6.92 Å². The molecule has 0 saturated heterocycles. The summed E-state index contributed by atoms with van der Waals surface area (Å²) in [4.78, 5) is 19.9. The molecule has 118 valence electrons. The third-order valence-corrected chi connectivity index (χ3v) is 3.26. The number of hydrogen-bond donors (Lipinski definition) is 1. The van der Waals surface area contributed by atoms with Gasteiger partial charge in [0, 0.05) is 11.9 Å². The Morgan fingerprint density at radius 1 is 1.09 bits per heavy atom. The molecule has 0 spiro atoms. The van der Waals surface area contributed by atoms with Crippen molar-refractivity contribution in [3.05, 3.63) is 58.3 Å². The Morgan fingerprint density at radius 3 is 2.35 bits per heavy atom. The number of aromatic hydroxyl groups is 1. The molecule has 0 atom stereocenters. The first-order valence-corrected chi connectivity index (χ1v) is 6.54. The van der Waals surface area contributed by atoms with Gasteiger partial charge in [0.05, 0.1) is 5.56 Å². The monoisotopic (exact) mass is 321 g/mol. The van der Waals surface area contributed by atoms with E-state index in [9.17, 15) is 23.1 Å². The lowest BCUT2D eigenvalue weighted by Crippen LogP contribution is -2.24. The van der Waals surface area contributed by atoms with Crippen LogP contribution < -0.4 is 5.56 Å². The zero-order valence-corrected chi connectivity index (χ0v) is 11.8. The topological polar surface area (TPSA) is 67.5 Å². The first-order chi connectivity index (χ1) is 10.8. The van der Waals surface area contributed by atoms with Crippen molar-refractivity contribution in [3.8, 4) is 16.9 Å². The highest BCUT2D eigenvalue weighted by Crippen LogP contribution is 2.34. The maximum atomic E-state index is 13.3. The quantitative estimate of drug-likeness (QED) is 0.748. The SMILES string of the molecule is Cc1ccn2c(=O)c(-c3ccc(O)cc3)c(C(F)(F)F)nc2n1. The van der Waals surface area contributed by atoms with Gasteiger partial charge < -0.3 is 5.11 Å². The number of alkyl halides is 3. The summed E-state index contributed by atoms with van der Waals surface area (Å²) < 4.78 is 41.0. The van der Waals surface area contributed by atoms with Gasteiger partial charge in [-0.2, -0.15) is 13.2 Å². The fourth-order valence-electron chi connectivity index (χ4n) is 2.21. The van der Waals surface area contributed by atoms with Crippen molar-refractivity contribution in [1.82, 2.24) is 14.4 Å². The Balaban J connectivity index is 2.43. The van der Waals surface area contributed by atoms with Gasteiger partial charge >= 0.3 is 6.18 Å². The lowest BCUT2D eigenvalue weighted by Gasteiger charge is -2.13. The second-order valence-corrected chi connectivity index (χ2v) is 4.92. The van der Waals surface area contributed by atoms with Crippen LogP contribution in [0.25, 0.3) is 16.9 Å². The average molecular weight is 321 g/mol. The standard InChI is InChI=1S/C15H10F3N3O2/c1-8-6-7-21-13(23)11(9-2-4-10(22)5-3-9)12(15(16,17)18)20-14(21)19-8/h2-7,22H,1H3. The normalized spacial score (nSPS) is 11.8. The van der Waals surface area contributed by atoms with E-state index in [1.807, 2.05) is 0 Å². The molecule has 0 aliphatic rings. The van der Waals surface area contributed by atoms with Crippen molar-refractivity contribution in [2.24, 2.45) is 0 Å². The first-order valence-electron chi connectivity index (χ1n) is 6.54. The van der Waals surface area contributed by atoms with Crippen molar-refractivity contribution in [2.75, 3.05) is 0 Å². The Labute approximate surface area is 127 Å². The Morgan fingerprint density at radius 2 is 1.74 bits per heavy atom. The van der Waals surface area contributed by atoms with E-state index in [4.69, 9.17) is 0 Å². The van der Waals surface area contributed by atoms with Gasteiger partial charge in [0.2, 0.25) is 5.78 Å². The first kappa shape index (κ1) is 15.0. The number of hydrogen-bond acceptors (Lipinski definition) is 4. The van der Waals surface area contributed by atoms with Gasteiger partial charge in [-0.05, 0) is 30.7 Å². The van der Waals surface area contributed by atoms with Crippen LogP contribution >= 0.6 is 0 Å². The van der Waals surface area contributed by atoms with Gasteiger partial charge in [0.1, 0.15) is 5.75 Å².